The molecule has 2 nitrogen and oxygen atoms in total. The van der Waals surface area contributed by atoms with Crippen molar-refractivity contribution in [3.8, 4) is 11.1 Å². The maximum absolute atomic E-state index is 3.54. The molecule has 3 aromatic carbocycles. The van der Waals surface area contributed by atoms with Gasteiger partial charge in [-0.25, -0.2) is 0 Å². The molecule has 0 amide bonds. The van der Waals surface area contributed by atoms with Gasteiger partial charge in [-0.1, -0.05) is 66.7 Å². The SMILES string of the molecule is c1ccc(CNCCCc2c[nH]c3ccc(-c4ccccc4)cc23)cc1. The zero-order valence-electron chi connectivity index (χ0n) is 14.9. The smallest absolute Gasteiger partial charge is 0.0457 e. The summed E-state index contributed by atoms with van der Waals surface area (Å²) in [6, 6.07) is 27.8. The van der Waals surface area contributed by atoms with E-state index in [2.05, 4.69) is 95.4 Å². The lowest BCUT2D eigenvalue weighted by atomic mass is 10.0. The largest absolute Gasteiger partial charge is 0.361 e. The van der Waals surface area contributed by atoms with Crippen LogP contribution in [0.4, 0.5) is 0 Å². The third-order valence-corrected chi connectivity index (χ3v) is 4.85. The summed E-state index contributed by atoms with van der Waals surface area (Å²) in [5, 5.41) is 4.88. The van der Waals surface area contributed by atoms with Gasteiger partial charge in [0.2, 0.25) is 0 Å². The lowest BCUT2D eigenvalue weighted by Gasteiger charge is -2.06. The number of hydrogen-bond acceptors (Lipinski definition) is 1. The first-order valence-corrected chi connectivity index (χ1v) is 9.30. The third kappa shape index (κ3) is 3.87. The number of aromatic nitrogens is 1. The maximum Gasteiger partial charge on any atom is 0.0457 e. The van der Waals surface area contributed by atoms with Crippen LogP contribution in [0.2, 0.25) is 0 Å². The van der Waals surface area contributed by atoms with Crippen LogP contribution in [0.5, 0.6) is 0 Å². The minimum absolute atomic E-state index is 0.937. The molecule has 0 saturated carbocycles. The fourth-order valence-electron chi connectivity index (χ4n) is 3.43. The molecular formula is C24H24N2. The highest BCUT2D eigenvalue weighted by Crippen LogP contribution is 2.26. The first kappa shape index (κ1) is 16.6. The fraction of sp³-hybridized carbons (Fsp3) is 0.167. The Kier molecular flexibility index (Phi) is 5.13. The van der Waals surface area contributed by atoms with E-state index in [0.717, 1.165) is 25.9 Å². The molecule has 2 heteroatoms. The number of aromatic amines is 1. The van der Waals surface area contributed by atoms with Crippen LogP contribution in [0.25, 0.3) is 22.0 Å². The van der Waals surface area contributed by atoms with Crippen molar-refractivity contribution in [2.24, 2.45) is 0 Å². The van der Waals surface area contributed by atoms with Crippen LogP contribution >= 0.6 is 0 Å². The topological polar surface area (TPSA) is 27.8 Å². The van der Waals surface area contributed by atoms with Crippen LogP contribution in [0.1, 0.15) is 17.5 Å². The van der Waals surface area contributed by atoms with Crippen molar-refractivity contribution in [2.45, 2.75) is 19.4 Å². The van der Waals surface area contributed by atoms with Gasteiger partial charge in [0, 0.05) is 23.6 Å². The van der Waals surface area contributed by atoms with Gasteiger partial charge >= 0.3 is 0 Å². The van der Waals surface area contributed by atoms with Gasteiger partial charge < -0.3 is 10.3 Å². The first-order valence-electron chi connectivity index (χ1n) is 9.30. The number of aryl methyl sites for hydroxylation is 1. The average Bonchev–Trinajstić information content (AvgIpc) is 3.11. The Balaban J connectivity index is 1.39. The molecule has 0 bridgehead atoms. The normalized spacial score (nSPS) is 11.1. The summed E-state index contributed by atoms with van der Waals surface area (Å²) in [5.74, 6) is 0. The van der Waals surface area contributed by atoms with Gasteiger partial charge in [0.1, 0.15) is 0 Å². The number of fused-ring (bicyclic) bond motifs is 1. The highest BCUT2D eigenvalue weighted by Gasteiger charge is 2.06. The van der Waals surface area contributed by atoms with E-state index >= 15 is 0 Å². The number of hydrogen-bond donors (Lipinski definition) is 2. The summed E-state index contributed by atoms with van der Waals surface area (Å²) in [6.45, 7) is 1.97. The molecule has 1 aromatic heterocycles. The molecule has 0 aliphatic heterocycles. The van der Waals surface area contributed by atoms with Gasteiger partial charge in [-0.3, -0.25) is 0 Å². The van der Waals surface area contributed by atoms with E-state index in [1.807, 2.05) is 0 Å². The second-order valence-electron chi connectivity index (χ2n) is 6.71. The van der Waals surface area contributed by atoms with Gasteiger partial charge in [-0.2, -0.15) is 0 Å². The van der Waals surface area contributed by atoms with Gasteiger partial charge in [-0.15, -0.1) is 0 Å². The molecule has 0 aliphatic carbocycles. The molecule has 1 heterocycles. The predicted molar refractivity (Wildman–Crippen MR) is 110 cm³/mol. The predicted octanol–water partition coefficient (Wildman–Crippen LogP) is 5.56. The molecule has 0 aliphatic rings. The number of rotatable bonds is 7. The van der Waals surface area contributed by atoms with Crippen molar-refractivity contribution in [3.63, 3.8) is 0 Å². The Morgan fingerprint density at radius 1 is 0.769 bits per heavy atom. The van der Waals surface area contributed by atoms with E-state index < -0.39 is 0 Å². The monoisotopic (exact) mass is 340 g/mol. The van der Waals surface area contributed by atoms with E-state index in [0.29, 0.717) is 0 Å². The number of nitrogens with one attached hydrogen (secondary N) is 2. The van der Waals surface area contributed by atoms with Crippen LogP contribution < -0.4 is 5.32 Å². The highest BCUT2D eigenvalue weighted by atomic mass is 14.8. The zero-order chi connectivity index (χ0) is 17.6. The summed E-state index contributed by atoms with van der Waals surface area (Å²) in [4.78, 5) is 3.41. The molecule has 0 radical (unpaired) electrons. The minimum Gasteiger partial charge on any atom is -0.361 e. The third-order valence-electron chi connectivity index (χ3n) is 4.85. The van der Waals surface area contributed by atoms with Crippen LogP contribution in [-0.2, 0) is 13.0 Å². The molecule has 0 fully saturated rings. The molecule has 0 atom stereocenters. The number of benzene rings is 3. The summed E-state index contributed by atoms with van der Waals surface area (Å²) >= 11 is 0. The molecule has 4 aromatic rings. The van der Waals surface area contributed by atoms with Crippen molar-refractivity contribution in [1.82, 2.24) is 10.3 Å². The van der Waals surface area contributed by atoms with Gasteiger partial charge in [0.25, 0.3) is 0 Å². The maximum atomic E-state index is 3.54. The molecule has 0 spiro atoms. The van der Waals surface area contributed by atoms with Crippen molar-refractivity contribution in [1.29, 1.82) is 0 Å². The average molecular weight is 340 g/mol. The van der Waals surface area contributed by atoms with Gasteiger partial charge in [-0.05, 0) is 53.8 Å². The molecule has 0 saturated heterocycles. The molecule has 130 valence electrons. The van der Waals surface area contributed by atoms with Crippen LogP contribution in [-0.4, -0.2) is 11.5 Å². The van der Waals surface area contributed by atoms with Crippen molar-refractivity contribution < 1.29 is 0 Å². The van der Waals surface area contributed by atoms with Gasteiger partial charge in [0.15, 0.2) is 0 Å². The summed E-state index contributed by atoms with van der Waals surface area (Å²) < 4.78 is 0. The Morgan fingerprint density at radius 3 is 2.35 bits per heavy atom. The molecule has 2 N–H and O–H groups in total. The number of H-pyrrole nitrogens is 1. The Labute approximate surface area is 154 Å². The van der Waals surface area contributed by atoms with E-state index in [4.69, 9.17) is 0 Å². The second-order valence-corrected chi connectivity index (χ2v) is 6.71. The van der Waals surface area contributed by atoms with E-state index in [1.165, 1.54) is 33.2 Å². The van der Waals surface area contributed by atoms with Crippen LogP contribution in [0.15, 0.2) is 85.1 Å². The minimum atomic E-state index is 0.937. The fourth-order valence-corrected chi connectivity index (χ4v) is 3.43. The second kappa shape index (κ2) is 8.03. The molecule has 26 heavy (non-hydrogen) atoms. The van der Waals surface area contributed by atoms with Crippen molar-refractivity contribution in [2.75, 3.05) is 6.54 Å². The van der Waals surface area contributed by atoms with Crippen LogP contribution in [0, 0.1) is 0 Å². The summed E-state index contributed by atoms with van der Waals surface area (Å²) in [5.41, 5.74) is 6.51. The van der Waals surface area contributed by atoms with E-state index in [9.17, 15) is 0 Å². The van der Waals surface area contributed by atoms with Gasteiger partial charge in [0.05, 0.1) is 0 Å². The molecule has 0 unspecified atom stereocenters. The van der Waals surface area contributed by atoms with Crippen molar-refractivity contribution in [3.05, 3.63) is 96.2 Å². The zero-order valence-corrected chi connectivity index (χ0v) is 14.9. The quantitative estimate of drug-likeness (QED) is 0.424. The Hall–Kier alpha value is -2.84. The van der Waals surface area contributed by atoms with E-state index in [-0.39, 0.29) is 0 Å². The van der Waals surface area contributed by atoms with E-state index in [1.54, 1.807) is 0 Å². The van der Waals surface area contributed by atoms with Crippen molar-refractivity contribution >= 4 is 10.9 Å². The Bertz CT molecular complexity index is 955. The molecule has 4 rings (SSSR count). The lowest BCUT2D eigenvalue weighted by molar-refractivity contribution is 0.650. The standard InChI is InChI=1S/C24H24N2/c1-3-8-19(9-4-1)17-25-15-7-12-22-18-26-24-14-13-21(16-23(22)24)20-10-5-2-6-11-20/h1-6,8-11,13-14,16,18,25-26H,7,12,15,17H2. The Morgan fingerprint density at radius 2 is 1.54 bits per heavy atom. The lowest BCUT2D eigenvalue weighted by Crippen LogP contribution is -2.15. The summed E-state index contributed by atoms with van der Waals surface area (Å²) in [6.07, 6.45) is 4.38. The summed E-state index contributed by atoms with van der Waals surface area (Å²) in [7, 11) is 0. The first-order chi connectivity index (χ1) is 12.9. The van der Waals surface area contributed by atoms with Crippen LogP contribution in [0.3, 0.4) is 0 Å². The molecular weight excluding hydrogens is 316 g/mol. The highest BCUT2D eigenvalue weighted by molar-refractivity contribution is 5.88.